The first-order valence-electron chi connectivity index (χ1n) is 5.85. The molecule has 0 amide bonds. The fourth-order valence-electron chi connectivity index (χ4n) is 1.78. The minimum atomic E-state index is -0.583. The lowest BCUT2D eigenvalue weighted by molar-refractivity contribution is 0.162. The van der Waals surface area contributed by atoms with Crippen LogP contribution in [0.5, 0.6) is 5.88 Å². The van der Waals surface area contributed by atoms with Gasteiger partial charge in [0.2, 0.25) is 5.88 Å². The minimum Gasteiger partial charge on any atom is -0.481 e. The zero-order valence-electron chi connectivity index (χ0n) is 10.6. The third kappa shape index (κ3) is 3.07. The second-order valence-corrected chi connectivity index (χ2v) is 4.18. The van der Waals surface area contributed by atoms with E-state index < -0.39 is 6.10 Å². The summed E-state index contributed by atoms with van der Waals surface area (Å²) in [5, 5.41) is 14.2. The molecule has 1 N–H and O–H groups in total. The normalized spacial score (nSPS) is 12.4. The van der Waals surface area contributed by atoms with Crippen LogP contribution < -0.4 is 4.74 Å². The van der Waals surface area contributed by atoms with Crippen LogP contribution in [-0.2, 0) is 13.5 Å². The van der Waals surface area contributed by atoms with E-state index in [0.29, 0.717) is 18.0 Å². The molecule has 0 fully saturated rings. The Morgan fingerprint density at radius 1 is 1.44 bits per heavy atom. The van der Waals surface area contributed by atoms with Crippen LogP contribution in [0.15, 0.2) is 30.6 Å². The molecule has 96 valence electrons. The van der Waals surface area contributed by atoms with Crippen molar-refractivity contribution in [3.8, 4) is 5.88 Å². The Morgan fingerprint density at radius 3 is 2.94 bits per heavy atom. The highest BCUT2D eigenvalue weighted by Gasteiger charge is 2.10. The Morgan fingerprint density at radius 2 is 2.28 bits per heavy atom. The smallest absolute Gasteiger partial charge is 0.213 e. The highest BCUT2D eigenvalue weighted by Crippen LogP contribution is 2.19. The van der Waals surface area contributed by atoms with Crippen LogP contribution in [0.4, 0.5) is 0 Å². The molecule has 0 saturated heterocycles. The minimum absolute atomic E-state index is 0.521. The van der Waals surface area contributed by atoms with Crippen molar-refractivity contribution in [1.82, 2.24) is 14.8 Å². The van der Waals surface area contributed by atoms with Gasteiger partial charge < -0.3 is 9.84 Å². The van der Waals surface area contributed by atoms with Gasteiger partial charge in [-0.05, 0) is 24.5 Å². The molecule has 1 atom stereocenters. The monoisotopic (exact) mass is 247 g/mol. The third-order valence-corrected chi connectivity index (χ3v) is 2.76. The molecular formula is C13H17N3O2. The van der Waals surface area contributed by atoms with E-state index in [1.165, 1.54) is 0 Å². The van der Waals surface area contributed by atoms with Crippen molar-refractivity contribution in [1.29, 1.82) is 0 Å². The Kier molecular flexibility index (Phi) is 3.94. The summed E-state index contributed by atoms with van der Waals surface area (Å²) < 4.78 is 6.79. The van der Waals surface area contributed by atoms with Gasteiger partial charge in [-0.25, -0.2) is 4.98 Å². The molecule has 0 radical (unpaired) electrons. The first-order chi connectivity index (χ1) is 8.69. The van der Waals surface area contributed by atoms with Crippen molar-refractivity contribution in [2.24, 2.45) is 7.05 Å². The first-order valence-corrected chi connectivity index (χ1v) is 5.85. The number of aliphatic hydroxyl groups is 1. The van der Waals surface area contributed by atoms with E-state index in [0.717, 1.165) is 12.0 Å². The zero-order chi connectivity index (χ0) is 13.0. The predicted molar refractivity (Wildman–Crippen MR) is 67.3 cm³/mol. The Hall–Kier alpha value is -1.88. The van der Waals surface area contributed by atoms with Gasteiger partial charge in [-0.3, -0.25) is 4.68 Å². The zero-order valence-corrected chi connectivity index (χ0v) is 10.6. The van der Waals surface area contributed by atoms with Gasteiger partial charge in [-0.2, -0.15) is 5.10 Å². The van der Waals surface area contributed by atoms with E-state index in [-0.39, 0.29) is 0 Å². The number of hydrogen-bond acceptors (Lipinski definition) is 4. The quantitative estimate of drug-likeness (QED) is 0.869. The Balaban J connectivity index is 1.96. The number of methoxy groups -OCH3 is 1. The molecule has 5 nitrogen and oxygen atoms in total. The van der Waals surface area contributed by atoms with E-state index >= 15 is 0 Å². The van der Waals surface area contributed by atoms with Crippen molar-refractivity contribution >= 4 is 0 Å². The van der Waals surface area contributed by atoms with Gasteiger partial charge in [0.1, 0.15) is 0 Å². The summed E-state index contributed by atoms with van der Waals surface area (Å²) in [5.74, 6) is 0.521. The summed E-state index contributed by atoms with van der Waals surface area (Å²) in [4.78, 5) is 4.22. The standard InChI is InChI=1S/C13H17N3O2/c1-16-9-10(8-14-16)6-7-12(17)11-4-3-5-13(15-11)18-2/h3-5,8-9,12,17H,6-7H2,1-2H3. The first kappa shape index (κ1) is 12.6. The van der Waals surface area contributed by atoms with E-state index in [1.54, 1.807) is 23.9 Å². The van der Waals surface area contributed by atoms with Crippen LogP contribution in [0.1, 0.15) is 23.8 Å². The lowest BCUT2D eigenvalue weighted by Gasteiger charge is -2.10. The second-order valence-electron chi connectivity index (χ2n) is 4.18. The van der Waals surface area contributed by atoms with E-state index in [9.17, 15) is 5.11 Å². The number of aliphatic hydroxyl groups excluding tert-OH is 1. The molecule has 0 aliphatic rings. The molecule has 2 rings (SSSR count). The number of pyridine rings is 1. The summed E-state index contributed by atoms with van der Waals surface area (Å²) in [6.07, 6.45) is 4.57. The van der Waals surface area contributed by atoms with E-state index in [4.69, 9.17) is 4.74 Å². The molecule has 0 aromatic carbocycles. The Labute approximate surface area is 106 Å². The highest BCUT2D eigenvalue weighted by atomic mass is 16.5. The average Bonchev–Trinajstić information content (AvgIpc) is 2.82. The van der Waals surface area contributed by atoms with Gasteiger partial charge in [0.15, 0.2) is 0 Å². The van der Waals surface area contributed by atoms with Crippen molar-refractivity contribution in [2.45, 2.75) is 18.9 Å². The van der Waals surface area contributed by atoms with Crippen molar-refractivity contribution in [3.63, 3.8) is 0 Å². The van der Waals surface area contributed by atoms with E-state index in [2.05, 4.69) is 10.1 Å². The second kappa shape index (κ2) is 5.64. The van der Waals surface area contributed by atoms with Crippen LogP contribution in [0.25, 0.3) is 0 Å². The van der Waals surface area contributed by atoms with Gasteiger partial charge in [0.25, 0.3) is 0 Å². The summed E-state index contributed by atoms with van der Waals surface area (Å²) in [6.45, 7) is 0. The number of ether oxygens (including phenoxy) is 1. The summed E-state index contributed by atoms with van der Waals surface area (Å²) >= 11 is 0. The highest BCUT2D eigenvalue weighted by molar-refractivity contribution is 5.17. The largest absolute Gasteiger partial charge is 0.481 e. The summed E-state index contributed by atoms with van der Waals surface area (Å²) in [7, 11) is 3.44. The number of aromatic nitrogens is 3. The number of aryl methyl sites for hydroxylation is 2. The van der Waals surface area contributed by atoms with Gasteiger partial charge in [0, 0.05) is 19.3 Å². The van der Waals surface area contributed by atoms with Gasteiger partial charge in [-0.1, -0.05) is 6.07 Å². The molecule has 2 heterocycles. The predicted octanol–water partition coefficient (Wildman–Crippen LogP) is 1.49. The van der Waals surface area contributed by atoms with Crippen molar-refractivity contribution in [2.75, 3.05) is 7.11 Å². The fraction of sp³-hybridized carbons (Fsp3) is 0.385. The molecule has 2 aromatic heterocycles. The SMILES string of the molecule is COc1cccc(C(O)CCc2cnn(C)c2)n1. The summed E-state index contributed by atoms with van der Waals surface area (Å²) in [5.41, 5.74) is 1.75. The molecular weight excluding hydrogens is 230 g/mol. The third-order valence-electron chi connectivity index (χ3n) is 2.76. The molecule has 0 aliphatic heterocycles. The van der Waals surface area contributed by atoms with Crippen LogP contribution in [0.3, 0.4) is 0 Å². The van der Waals surface area contributed by atoms with Crippen LogP contribution in [0, 0.1) is 0 Å². The number of hydrogen-bond donors (Lipinski definition) is 1. The molecule has 5 heteroatoms. The maximum atomic E-state index is 10.1. The number of nitrogens with zero attached hydrogens (tertiary/aromatic N) is 3. The summed E-state index contributed by atoms with van der Waals surface area (Å²) in [6, 6.07) is 5.39. The molecule has 0 bridgehead atoms. The molecule has 0 saturated carbocycles. The number of rotatable bonds is 5. The van der Waals surface area contributed by atoms with Gasteiger partial charge in [0.05, 0.1) is 25.1 Å². The average molecular weight is 247 g/mol. The molecule has 0 aliphatic carbocycles. The van der Waals surface area contributed by atoms with Gasteiger partial charge >= 0.3 is 0 Å². The van der Waals surface area contributed by atoms with Gasteiger partial charge in [-0.15, -0.1) is 0 Å². The lowest BCUT2D eigenvalue weighted by atomic mass is 10.1. The van der Waals surface area contributed by atoms with Crippen LogP contribution in [-0.4, -0.2) is 27.0 Å². The maximum absolute atomic E-state index is 10.1. The molecule has 1 unspecified atom stereocenters. The van der Waals surface area contributed by atoms with Crippen molar-refractivity contribution in [3.05, 3.63) is 41.9 Å². The molecule has 0 spiro atoms. The van der Waals surface area contributed by atoms with E-state index in [1.807, 2.05) is 25.5 Å². The molecule has 2 aromatic rings. The van der Waals surface area contributed by atoms with Crippen molar-refractivity contribution < 1.29 is 9.84 Å². The van der Waals surface area contributed by atoms with Crippen LogP contribution in [0.2, 0.25) is 0 Å². The fourth-order valence-corrected chi connectivity index (χ4v) is 1.78. The van der Waals surface area contributed by atoms with Crippen LogP contribution >= 0.6 is 0 Å². The maximum Gasteiger partial charge on any atom is 0.213 e. The lowest BCUT2D eigenvalue weighted by Crippen LogP contribution is -2.03. The Bertz CT molecular complexity index is 510. The molecule has 18 heavy (non-hydrogen) atoms. The topological polar surface area (TPSA) is 60.2 Å².